The minimum Gasteiger partial charge on any atom is -0.392 e. The molecule has 0 bridgehead atoms. The summed E-state index contributed by atoms with van der Waals surface area (Å²) >= 11 is 0. The van der Waals surface area contributed by atoms with E-state index < -0.39 is 11.9 Å². The summed E-state index contributed by atoms with van der Waals surface area (Å²) in [5.41, 5.74) is 5.22. The number of nitrogens with one attached hydrogen (secondary N) is 1. The van der Waals surface area contributed by atoms with Crippen molar-refractivity contribution < 1.29 is 14.3 Å². The van der Waals surface area contributed by atoms with Gasteiger partial charge >= 0.3 is 11.9 Å². The number of carbonyl (C=O) groups is 2. The van der Waals surface area contributed by atoms with Gasteiger partial charge in [0.1, 0.15) is 6.54 Å². The second-order valence-electron chi connectivity index (χ2n) is 7.07. The predicted octanol–water partition coefficient (Wildman–Crippen LogP) is 4.69. The van der Waals surface area contributed by atoms with Gasteiger partial charge in [-0.25, -0.2) is 4.79 Å². The van der Waals surface area contributed by atoms with E-state index in [0.29, 0.717) is 0 Å². The Morgan fingerprint density at radius 1 is 0.893 bits per heavy atom. The second-order valence-corrected chi connectivity index (χ2v) is 7.07. The lowest BCUT2D eigenvalue weighted by atomic mass is 10.1. The first-order chi connectivity index (χ1) is 13.5. The zero-order valence-electron chi connectivity index (χ0n) is 17.8. The van der Waals surface area contributed by atoms with E-state index in [9.17, 15) is 9.59 Å². The molecular weight excluding hydrogens is 354 g/mol. The molecule has 0 spiro atoms. The lowest BCUT2D eigenvalue weighted by Crippen LogP contribution is -2.37. The van der Waals surface area contributed by atoms with Crippen LogP contribution in [-0.4, -0.2) is 36.4 Å². The van der Waals surface area contributed by atoms with Crippen molar-refractivity contribution in [2.45, 2.75) is 84.0 Å². The molecule has 6 nitrogen and oxygen atoms in total. The molecule has 0 aromatic carbocycles. The molecule has 0 aliphatic rings. The maximum absolute atomic E-state index is 11.6. The molecule has 0 amide bonds. The number of carbonyl (C=O) groups excluding carboxylic acids is 2. The molecule has 0 heterocycles. The number of guanidine groups is 1. The Bertz CT molecular complexity index is 501. The first kappa shape index (κ1) is 25.9. The molecule has 0 rings (SSSR count). The molecule has 0 saturated heterocycles. The van der Waals surface area contributed by atoms with Crippen molar-refractivity contribution >= 4 is 17.9 Å². The van der Waals surface area contributed by atoms with Crippen molar-refractivity contribution in [3.05, 3.63) is 24.3 Å². The fraction of sp³-hybridized carbons (Fsp3) is 0.682. The maximum atomic E-state index is 11.6. The van der Waals surface area contributed by atoms with Gasteiger partial charge in [0.25, 0.3) is 0 Å². The third-order valence-corrected chi connectivity index (χ3v) is 4.34. The van der Waals surface area contributed by atoms with Gasteiger partial charge in [-0.05, 0) is 38.5 Å². The molecule has 28 heavy (non-hydrogen) atoms. The Hall–Kier alpha value is -2.11. The van der Waals surface area contributed by atoms with E-state index in [1.54, 1.807) is 0 Å². The molecule has 0 aromatic heterocycles. The summed E-state index contributed by atoms with van der Waals surface area (Å²) in [4.78, 5) is 24.3. The van der Waals surface area contributed by atoms with E-state index >= 15 is 0 Å². The number of ether oxygens (including phenoxy) is 1. The SMILES string of the molecule is CCCCC/C=C\C/C=C\CCCCCCCC(=O)OC(=O)CN(C)C(=N)N. The van der Waals surface area contributed by atoms with Crippen LogP contribution >= 0.6 is 0 Å². The zero-order chi connectivity index (χ0) is 21.0. The molecule has 0 fully saturated rings. The minimum absolute atomic E-state index is 0.191. The number of allylic oxidation sites excluding steroid dienone is 4. The van der Waals surface area contributed by atoms with E-state index in [1.165, 1.54) is 37.6 Å². The molecule has 0 radical (unpaired) electrons. The third kappa shape index (κ3) is 17.3. The van der Waals surface area contributed by atoms with Gasteiger partial charge in [0.2, 0.25) is 0 Å². The maximum Gasteiger partial charge on any atom is 0.333 e. The van der Waals surface area contributed by atoms with E-state index in [0.717, 1.165) is 44.9 Å². The summed E-state index contributed by atoms with van der Waals surface area (Å²) in [7, 11) is 1.49. The number of unbranched alkanes of at least 4 members (excludes halogenated alkanes) is 8. The molecule has 0 saturated carbocycles. The minimum atomic E-state index is -0.676. The van der Waals surface area contributed by atoms with E-state index in [-0.39, 0.29) is 18.9 Å². The Kier molecular flexibility index (Phi) is 16.9. The van der Waals surface area contributed by atoms with Crippen molar-refractivity contribution in [1.82, 2.24) is 4.90 Å². The standard InChI is InChI=1S/C22H39N3O3/c1-3-4-5-6-7-8-9-10-11-12-13-14-15-16-17-18-20(26)28-21(27)19-25(2)22(23)24/h7-8,10-11H,3-6,9,12-19H2,1-2H3,(H3,23,24)/b8-7-,11-10-. The molecular formula is C22H39N3O3. The van der Waals surface area contributed by atoms with Gasteiger partial charge in [-0.2, -0.15) is 0 Å². The highest BCUT2D eigenvalue weighted by Gasteiger charge is 2.13. The average molecular weight is 394 g/mol. The summed E-state index contributed by atoms with van der Waals surface area (Å²) in [6.07, 6.45) is 21.5. The summed E-state index contributed by atoms with van der Waals surface area (Å²) < 4.78 is 4.70. The molecule has 0 aliphatic heterocycles. The van der Waals surface area contributed by atoms with Crippen LogP contribution in [0.1, 0.15) is 84.0 Å². The number of hydrogen-bond donors (Lipinski definition) is 2. The lowest BCUT2D eigenvalue weighted by molar-refractivity contribution is -0.159. The number of nitrogens with zero attached hydrogens (tertiary/aromatic N) is 1. The fourth-order valence-corrected chi connectivity index (χ4v) is 2.57. The third-order valence-electron chi connectivity index (χ3n) is 4.34. The van der Waals surface area contributed by atoms with Crippen molar-refractivity contribution in [2.24, 2.45) is 5.73 Å². The van der Waals surface area contributed by atoms with Gasteiger partial charge in [0.05, 0.1) is 0 Å². The van der Waals surface area contributed by atoms with Crippen LogP contribution in [0.25, 0.3) is 0 Å². The smallest absolute Gasteiger partial charge is 0.333 e. The quantitative estimate of drug-likeness (QED) is 0.0990. The van der Waals surface area contributed by atoms with Crippen LogP contribution < -0.4 is 5.73 Å². The van der Waals surface area contributed by atoms with Gasteiger partial charge in [-0.1, -0.05) is 63.3 Å². The Balaban J connectivity index is 3.49. The largest absolute Gasteiger partial charge is 0.392 e. The highest BCUT2D eigenvalue weighted by Crippen LogP contribution is 2.09. The van der Waals surface area contributed by atoms with Gasteiger partial charge in [0.15, 0.2) is 5.96 Å². The highest BCUT2D eigenvalue weighted by molar-refractivity contribution is 5.88. The van der Waals surface area contributed by atoms with E-state index in [1.807, 2.05) is 0 Å². The van der Waals surface area contributed by atoms with Crippen LogP contribution in [0.3, 0.4) is 0 Å². The summed E-state index contributed by atoms with van der Waals surface area (Å²) in [6.45, 7) is 2.03. The van der Waals surface area contributed by atoms with Crippen LogP contribution in [0.2, 0.25) is 0 Å². The number of rotatable bonds is 16. The van der Waals surface area contributed by atoms with Gasteiger partial charge in [-0.3, -0.25) is 10.2 Å². The van der Waals surface area contributed by atoms with Crippen molar-refractivity contribution in [3.63, 3.8) is 0 Å². The zero-order valence-corrected chi connectivity index (χ0v) is 17.8. The first-order valence-corrected chi connectivity index (χ1v) is 10.6. The van der Waals surface area contributed by atoms with Gasteiger partial charge in [0, 0.05) is 13.5 Å². The van der Waals surface area contributed by atoms with Crippen molar-refractivity contribution in [1.29, 1.82) is 5.41 Å². The molecule has 3 N–H and O–H groups in total. The van der Waals surface area contributed by atoms with E-state index in [4.69, 9.17) is 15.9 Å². The number of nitrogens with two attached hydrogens (primary N) is 1. The van der Waals surface area contributed by atoms with Crippen LogP contribution in [0, 0.1) is 5.41 Å². The Morgan fingerprint density at radius 3 is 2.07 bits per heavy atom. The normalized spacial score (nSPS) is 11.2. The van der Waals surface area contributed by atoms with Crippen molar-refractivity contribution in [2.75, 3.05) is 13.6 Å². The predicted molar refractivity (Wildman–Crippen MR) is 115 cm³/mol. The highest BCUT2D eigenvalue weighted by atomic mass is 16.6. The molecule has 0 unspecified atom stereocenters. The van der Waals surface area contributed by atoms with Crippen LogP contribution in [-0.2, 0) is 14.3 Å². The summed E-state index contributed by atoms with van der Waals surface area (Å²) in [5, 5.41) is 7.16. The van der Waals surface area contributed by atoms with Crippen molar-refractivity contribution in [3.8, 4) is 0 Å². The summed E-state index contributed by atoms with van der Waals surface area (Å²) in [6, 6.07) is 0. The van der Waals surface area contributed by atoms with Crippen LogP contribution in [0.4, 0.5) is 0 Å². The van der Waals surface area contributed by atoms with E-state index in [2.05, 4.69) is 31.2 Å². The average Bonchev–Trinajstić information content (AvgIpc) is 2.64. The summed E-state index contributed by atoms with van der Waals surface area (Å²) in [5.74, 6) is -1.42. The molecule has 0 aromatic rings. The number of hydrogen-bond acceptors (Lipinski definition) is 4. The number of esters is 2. The van der Waals surface area contributed by atoms with Gasteiger partial charge in [-0.15, -0.1) is 0 Å². The number of likely N-dealkylation sites (N-methyl/N-ethyl adjacent to an activating group) is 1. The van der Waals surface area contributed by atoms with Crippen LogP contribution in [0.15, 0.2) is 24.3 Å². The van der Waals surface area contributed by atoms with Crippen LogP contribution in [0.5, 0.6) is 0 Å². The molecule has 160 valence electrons. The Labute approximate surface area is 170 Å². The fourth-order valence-electron chi connectivity index (χ4n) is 2.57. The molecule has 6 heteroatoms. The molecule has 0 atom stereocenters. The topological polar surface area (TPSA) is 96.5 Å². The lowest BCUT2D eigenvalue weighted by Gasteiger charge is -2.14. The van der Waals surface area contributed by atoms with Gasteiger partial charge < -0.3 is 15.4 Å². The monoisotopic (exact) mass is 393 g/mol. The molecule has 0 aliphatic carbocycles. The Morgan fingerprint density at radius 2 is 1.46 bits per heavy atom. The first-order valence-electron chi connectivity index (χ1n) is 10.6. The second kappa shape index (κ2) is 18.3.